The van der Waals surface area contributed by atoms with Crippen LogP contribution in [-0.2, 0) is 0 Å². The van der Waals surface area contributed by atoms with Crippen molar-refractivity contribution in [3.8, 4) is 0 Å². The molecule has 0 radical (unpaired) electrons. The molecule has 0 aromatic carbocycles. The van der Waals surface area contributed by atoms with Crippen LogP contribution in [0.15, 0.2) is 5.16 Å². The minimum Gasteiger partial charge on any atom is -0.409 e. The molecular formula is C10H20N4O2. The van der Waals surface area contributed by atoms with E-state index in [1.54, 1.807) is 14.0 Å². The minimum absolute atomic E-state index is 0.0489. The van der Waals surface area contributed by atoms with Crippen LogP contribution in [0.4, 0.5) is 4.79 Å². The van der Waals surface area contributed by atoms with Gasteiger partial charge in [0.1, 0.15) is 0 Å². The van der Waals surface area contributed by atoms with Crippen LogP contribution in [0.5, 0.6) is 0 Å². The Labute approximate surface area is 95.7 Å². The Morgan fingerprint density at radius 3 is 2.50 bits per heavy atom. The van der Waals surface area contributed by atoms with Crippen molar-refractivity contribution in [1.82, 2.24) is 9.80 Å². The number of amides is 2. The molecule has 1 heterocycles. The number of nitrogens with two attached hydrogens (primary N) is 1. The number of nitrogens with zero attached hydrogens (tertiary/aromatic N) is 3. The van der Waals surface area contributed by atoms with Gasteiger partial charge < -0.3 is 20.7 Å². The number of carbonyl (C=O) groups excluding carboxylic acids is 1. The Kier molecular flexibility index (Phi) is 4.39. The molecular weight excluding hydrogens is 208 g/mol. The number of amidine groups is 1. The lowest BCUT2D eigenvalue weighted by Crippen LogP contribution is -2.50. The lowest BCUT2D eigenvalue weighted by atomic mass is 10.1. The maximum absolute atomic E-state index is 12.0. The fraction of sp³-hybridized carbons (Fsp3) is 0.800. The second-order valence-electron chi connectivity index (χ2n) is 4.14. The van der Waals surface area contributed by atoms with Gasteiger partial charge in [0.05, 0.1) is 6.04 Å². The predicted octanol–water partition coefficient (Wildman–Crippen LogP) is 0.659. The van der Waals surface area contributed by atoms with Crippen molar-refractivity contribution in [2.45, 2.75) is 32.2 Å². The van der Waals surface area contributed by atoms with Crippen LogP contribution in [0, 0.1) is 0 Å². The average molecular weight is 228 g/mol. The van der Waals surface area contributed by atoms with Crippen molar-refractivity contribution in [2.24, 2.45) is 10.9 Å². The molecule has 1 rings (SSSR count). The first-order chi connectivity index (χ1) is 7.57. The van der Waals surface area contributed by atoms with Crippen molar-refractivity contribution >= 4 is 11.9 Å². The van der Waals surface area contributed by atoms with Crippen LogP contribution in [0.25, 0.3) is 0 Å². The van der Waals surface area contributed by atoms with E-state index >= 15 is 0 Å². The Morgan fingerprint density at radius 1 is 1.44 bits per heavy atom. The maximum Gasteiger partial charge on any atom is 0.320 e. The first-order valence-electron chi connectivity index (χ1n) is 5.57. The standard InChI is InChI=1S/C10H20N4O2/c1-8(9(11)12-16)13(2)10(15)14-6-4-3-5-7-14/h8,16H,3-7H2,1-2H3,(H2,11,12). The molecule has 16 heavy (non-hydrogen) atoms. The molecule has 0 bridgehead atoms. The highest BCUT2D eigenvalue weighted by Crippen LogP contribution is 2.11. The van der Waals surface area contributed by atoms with Gasteiger partial charge in [-0.25, -0.2) is 4.79 Å². The third kappa shape index (κ3) is 2.77. The van der Waals surface area contributed by atoms with Crippen molar-refractivity contribution < 1.29 is 10.0 Å². The van der Waals surface area contributed by atoms with E-state index in [-0.39, 0.29) is 17.9 Å². The zero-order valence-electron chi connectivity index (χ0n) is 9.89. The first kappa shape index (κ1) is 12.6. The van der Waals surface area contributed by atoms with Crippen molar-refractivity contribution in [2.75, 3.05) is 20.1 Å². The molecule has 1 aliphatic rings. The zero-order valence-corrected chi connectivity index (χ0v) is 9.89. The molecule has 1 unspecified atom stereocenters. The van der Waals surface area contributed by atoms with Crippen LogP contribution in [0.2, 0.25) is 0 Å². The number of piperidine rings is 1. The van der Waals surface area contributed by atoms with Gasteiger partial charge in [-0.3, -0.25) is 0 Å². The summed E-state index contributed by atoms with van der Waals surface area (Å²) in [6.07, 6.45) is 3.29. The number of hydrogen-bond acceptors (Lipinski definition) is 3. The molecule has 0 aliphatic carbocycles. The summed E-state index contributed by atoms with van der Waals surface area (Å²) in [5.74, 6) is 0.0489. The minimum atomic E-state index is -0.389. The summed E-state index contributed by atoms with van der Waals surface area (Å²) in [6, 6.07) is -0.446. The summed E-state index contributed by atoms with van der Waals surface area (Å²) in [5.41, 5.74) is 5.47. The average Bonchev–Trinajstić information content (AvgIpc) is 2.36. The van der Waals surface area contributed by atoms with Gasteiger partial charge in [-0.1, -0.05) is 5.16 Å². The number of rotatable bonds is 2. The van der Waals surface area contributed by atoms with E-state index in [1.807, 2.05) is 4.90 Å². The molecule has 1 aliphatic heterocycles. The second-order valence-corrected chi connectivity index (χ2v) is 4.14. The van der Waals surface area contributed by atoms with Gasteiger partial charge in [0.2, 0.25) is 0 Å². The summed E-state index contributed by atoms with van der Waals surface area (Å²) >= 11 is 0. The van der Waals surface area contributed by atoms with Gasteiger partial charge in [-0.05, 0) is 26.2 Å². The molecule has 6 nitrogen and oxygen atoms in total. The molecule has 1 saturated heterocycles. The third-order valence-electron chi connectivity index (χ3n) is 3.05. The summed E-state index contributed by atoms with van der Waals surface area (Å²) in [5, 5.41) is 11.5. The van der Waals surface area contributed by atoms with E-state index in [0.717, 1.165) is 25.9 Å². The number of carbonyl (C=O) groups is 1. The van der Waals surface area contributed by atoms with E-state index in [0.29, 0.717) is 0 Å². The van der Waals surface area contributed by atoms with Gasteiger partial charge in [0, 0.05) is 20.1 Å². The van der Waals surface area contributed by atoms with Crippen molar-refractivity contribution in [1.29, 1.82) is 0 Å². The lowest BCUT2D eigenvalue weighted by molar-refractivity contribution is 0.148. The number of urea groups is 1. The predicted molar refractivity (Wildman–Crippen MR) is 61.5 cm³/mol. The van der Waals surface area contributed by atoms with E-state index in [2.05, 4.69) is 5.16 Å². The molecule has 3 N–H and O–H groups in total. The second kappa shape index (κ2) is 5.58. The maximum atomic E-state index is 12.0. The van der Waals surface area contributed by atoms with Gasteiger partial charge >= 0.3 is 6.03 Å². The molecule has 1 fully saturated rings. The largest absolute Gasteiger partial charge is 0.409 e. The van der Waals surface area contributed by atoms with Crippen molar-refractivity contribution in [3.63, 3.8) is 0 Å². The Bertz CT molecular complexity index is 274. The number of likely N-dealkylation sites (N-methyl/N-ethyl adjacent to an activating group) is 1. The highest BCUT2D eigenvalue weighted by Gasteiger charge is 2.25. The molecule has 0 saturated carbocycles. The van der Waals surface area contributed by atoms with Crippen LogP contribution in [0.1, 0.15) is 26.2 Å². The third-order valence-corrected chi connectivity index (χ3v) is 3.05. The monoisotopic (exact) mass is 228 g/mol. The topological polar surface area (TPSA) is 82.2 Å². The van der Waals surface area contributed by atoms with Gasteiger partial charge in [-0.2, -0.15) is 0 Å². The van der Waals surface area contributed by atoms with Crippen LogP contribution < -0.4 is 5.73 Å². The van der Waals surface area contributed by atoms with E-state index < -0.39 is 0 Å². The summed E-state index contributed by atoms with van der Waals surface area (Å²) in [7, 11) is 1.67. The SMILES string of the molecule is CC(C(N)=NO)N(C)C(=O)N1CCCCC1. The number of hydrogen-bond donors (Lipinski definition) is 2. The van der Waals surface area contributed by atoms with Gasteiger partial charge in [-0.15, -0.1) is 0 Å². The normalized spacial score (nSPS) is 19.4. The smallest absolute Gasteiger partial charge is 0.320 e. The fourth-order valence-corrected chi connectivity index (χ4v) is 1.76. The lowest BCUT2D eigenvalue weighted by Gasteiger charge is -2.33. The van der Waals surface area contributed by atoms with Crippen LogP contribution >= 0.6 is 0 Å². The summed E-state index contributed by atoms with van der Waals surface area (Å²) < 4.78 is 0. The highest BCUT2D eigenvalue weighted by molar-refractivity contribution is 5.89. The summed E-state index contributed by atoms with van der Waals surface area (Å²) in [4.78, 5) is 15.3. The fourth-order valence-electron chi connectivity index (χ4n) is 1.76. The van der Waals surface area contributed by atoms with Crippen molar-refractivity contribution in [3.05, 3.63) is 0 Å². The van der Waals surface area contributed by atoms with Gasteiger partial charge in [0.25, 0.3) is 0 Å². The van der Waals surface area contributed by atoms with Crippen LogP contribution in [-0.4, -0.2) is 53.1 Å². The Morgan fingerprint density at radius 2 is 2.00 bits per heavy atom. The number of likely N-dealkylation sites (tertiary alicyclic amines) is 1. The Hall–Kier alpha value is -1.46. The molecule has 1 atom stereocenters. The molecule has 0 spiro atoms. The van der Waals surface area contributed by atoms with E-state index in [4.69, 9.17) is 10.9 Å². The Balaban J connectivity index is 2.58. The van der Waals surface area contributed by atoms with Crippen LogP contribution in [0.3, 0.4) is 0 Å². The van der Waals surface area contributed by atoms with E-state index in [9.17, 15) is 4.79 Å². The quantitative estimate of drug-likeness (QED) is 0.315. The van der Waals surface area contributed by atoms with E-state index in [1.165, 1.54) is 11.3 Å². The molecule has 0 aromatic rings. The zero-order chi connectivity index (χ0) is 12.1. The summed E-state index contributed by atoms with van der Waals surface area (Å²) in [6.45, 7) is 3.33. The number of oxime groups is 1. The molecule has 6 heteroatoms. The van der Waals surface area contributed by atoms with Gasteiger partial charge in [0.15, 0.2) is 5.84 Å². The first-order valence-corrected chi connectivity index (χ1v) is 5.57. The molecule has 92 valence electrons. The highest BCUT2D eigenvalue weighted by atomic mass is 16.4. The molecule has 2 amide bonds. The molecule has 0 aromatic heterocycles.